The monoisotopic (exact) mass is 224 g/mol. The standard InChI is InChI=1S/2C5H7NO.C2H6/c1-4-5(2)7-3-6-4;1-4-3-7-6-5(4)2;1-2/h2*3H,1-2H3;1-2H3. The molecule has 0 radical (unpaired) electrons. The van der Waals surface area contributed by atoms with Gasteiger partial charge in [0.1, 0.15) is 12.0 Å². The van der Waals surface area contributed by atoms with E-state index in [1.54, 1.807) is 6.26 Å². The van der Waals surface area contributed by atoms with Gasteiger partial charge in [-0.1, -0.05) is 19.0 Å². The van der Waals surface area contributed by atoms with Gasteiger partial charge in [0.25, 0.3) is 0 Å². The SMILES string of the molecule is CC.Cc1conc1C.Cc1ncoc1C. The third-order valence-corrected chi connectivity index (χ3v) is 1.98. The Morgan fingerprint density at radius 2 is 1.62 bits per heavy atom. The van der Waals surface area contributed by atoms with Crippen LogP contribution in [0.25, 0.3) is 0 Å². The highest BCUT2D eigenvalue weighted by Gasteiger charge is 1.91. The highest BCUT2D eigenvalue weighted by molar-refractivity contribution is 5.08. The Labute approximate surface area is 96.7 Å². The average molecular weight is 224 g/mol. The van der Waals surface area contributed by atoms with Crippen LogP contribution >= 0.6 is 0 Å². The molecular formula is C12H20N2O2. The minimum absolute atomic E-state index is 0.903. The molecule has 0 saturated heterocycles. The van der Waals surface area contributed by atoms with Crippen LogP contribution in [-0.2, 0) is 0 Å². The van der Waals surface area contributed by atoms with Gasteiger partial charge < -0.3 is 8.94 Å². The van der Waals surface area contributed by atoms with Crippen molar-refractivity contribution in [1.29, 1.82) is 0 Å². The van der Waals surface area contributed by atoms with Crippen molar-refractivity contribution in [1.82, 2.24) is 10.1 Å². The molecule has 0 spiro atoms. The number of rotatable bonds is 0. The summed E-state index contributed by atoms with van der Waals surface area (Å²) in [4.78, 5) is 3.85. The van der Waals surface area contributed by atoms with Crippen LogP contribution in [0.15, 0.2) is 21.6 Å². The van der Waals surface area contributed by atoms with Crippen LogP contribution in [0.5, 0.6) is 0 Å². The molecule has 2 aromatic rings. The van der Waals surface area contributed by atoms with Crippen molar-refractivity contribution in [3.05, 3.63) is 35.4 Å². The summed E-state index contributed by atoms with van der Waals surface area (Å²) in [6, 6.07) is 0. The highest BCUT2D eigenvalue weighted by Crippen LogP contribution is 2.00. The predicted molar refractivity (Wildman–Crippen MR) is 63.3 cm³/mol. The van der Waals surface area contributed by atoms with Gasteiger partial charge in [-0.05, 0) is 27.7 Å². The van der Waals surface area contributed by atoms with Crippen molar-refractivity contribution in [2.24, 2.45) is 0 Å². The van der Waals surface area contributed by atoms with Crippen LogP contribution in [0, 0.1) is 27.7 Å². The Morgan fingerprint density at radius 1 is 1.00 bits per heavy atom. The lowest BCUT2D eigenvalue weighted by Crippen LogP contribution is -1.69. The fourth-order valence-corrected chi connectivity index (χ4v) is 0.702. The summed E-state index contributed by atoms with van der Waals surface area (Å²) in [5.41, 5.74) is 3.06. The van der Waals surface area contributed by atoms with Crippen LogP contribution in [-0.4, -0.2) is 10.1 Å². The zero-order chi connectivity index (χ0) is 12.6. The summed E-state index contributed by atoms with van der Waals surface area (Å²) in [6.07, 6.45) is 3.08. The summed E-state index contributed by atoms with van der Waals surface area (Å²) >= 11 is 0. The molecule has 0 aromatic carbocycles. The van der Waals surface area contributed by atoms with Crippen molar-refractivity contribution >= 4 is 0 Å². The summed E-state index contributed by atoms with van der Waals surface area (Å²) in [5.74, 6) is 0.903. The van der Waals surface area contributed by atoms with Crippen LogP contribution in [0.4, 0.5) is 0 Å². The smallest absolute Gasteiger partial charge is 0.181 e. The van der Waals surface area contributed by atoms with Gasteiger partial charge in [0, 0.05) is 5.56 Å². The molecular weight excluding hydrogens is 204 g/mol. The van der Waals surface area contributed by atoms with E-state index in [1.807, 2.05) is 41.5 Å². The first-order valence-corrected chi connectivity index (χ1v) is 5.35. The molecule has 0 saturated carbocycles. The Morgan fingerprint density at radius 3 is 1.75 bits per heavy atom. The fourth-order valence-electron chi connectivity index (χ4n) is 0.702. The molecule has 4 nitrogen and oxygen atoms in total. The molecule has 0 amide bonds. The van der Waals surface area contributed by atoms with E-state index in [-0.39, 0.29) is 0 Å². The molecule has 0 aliphatic heterocycles. The van der Waals surface area contributed by atoms with Crippen LogP contribution in [0.2, 0.25) is 0 Å². The Balaban J connectivity index is 0.000000244. The largest absolute Gasteiger partial charge is 0.449 e. The molecule has 0 aliphatic carbocycles. The lowest BCUT2D eigenvalue weighted by atomic mass is 10.3. The van der Waals surface area contributed by atoms with Crippen molar-refractivity contribution in [3.8, 4) is 0 Å². The maximum Gasteiger partial charge on any atom is 0.181 e. The van der Waals surface area contributed by atoms with Gasteiger partial charge in [0.05, 0.1) is 11.4 Å². The summed E-state index contributed by atoms with van der Waals surface area (Å²) < 4.78 is 9.45. The van der Waals surface area contributed by atoms with Crippen LogP contribution in [0.3, 0.4) is 0 Å². The Kier molecular flexibility index (Phi) is 6.92. The second kappa shape index (κ2) is 7.68. The second-order valence-corrected chi connectivity index (χ2v) is 3.08. The maximum atomic E-state index is 4.85. The highest BCUT2D eigenvalue weighted by atomic mass is 16.5. The molecule has 0 unspecified atom stereocenters. The van der Waals surface area contributed by atoms with Crippen molar-refractivity contribution in [3.63, 3.8) is 0 Å². The van der Waals surface area contributed by atoms with E-state index in [0.717, 1.165) is 22.7 Å². The Bertz CT molecular complexity index is 320. The van der Waals surface area contributed by atoms with Gasteiger partial charge in [-0.15, -0.1) is 0 Å². The predicted octanol–water partition coefficient (Wildman–Crippen LogP) is 3.61. The Hall–Kier alpha value is -1.58. The molecule has 16 heavy (non-hydrogen) atoms. The van der Waals surface area contributed by atoms with Crippen molar-refractivity contribution < 1.29 is 8.94 Å². The number of aromatic nitrogens is 2. The number of hydrogen-bond donors (Lipinski definition) is 0. The summed E-state index contributed by atoms with van der Waals surface area (Å²) in [5, 5.41) is 3.64. The normalized spacial score (nSPS) is 8.62. The molecule has 4 heteroatoms. The topological polar surface area (TPSA) is 52.1 Å². The van der Waals surface area contributed by atoms with Gasteiger partial charge in [-0.2, -0.15) is 0 Å². The zero-order valence-electron chi connectivity index (χ0n) is 10.9. The lowest BCUT2D eigenvalue weighted by Gasteiger charge is -1.76. The average Bonchev–Trinajstić information content (AvgIpc) is 2.83. The minimum atomic E-state index is 0.903. The molecule has 2 heterocycles. The third kappa shape index (κ3) is 4.77. The lowest BCUT2D eigenvalue weighted by molar-refractivity contribution is 0.414. The number of nitrogens with zero attached hydrogens (tertiary/aromatic N) is 2. The third-order valence-electron chi connectivity index (χ3n) is 1.98. The van der Waals surface area contributed by atoms with Gasteiger partial charge in [-0.3, -0.25) is 0 Å². The van der Waals surface area contributed by atoms with Crippen LogP contribution in [0.1, 0.15) is 36.6 Å². The molecule has 0 N–H and O–H groups in total. The number of aryl methyl sites for hydroxylation is 4. The zero-order valence-corrected chi connectivity index (χ0v) is 10.9. The minimum Gasteiger partial charge on any atom is -0.449 e. The van der Waals surface area contributed by atoms with Gasteiger partial charge >= 0.3 is 0 Å². The van der Waals surface area contributed by atoms with Crippen LogP contribution < -0.4 is 0 Å². The van der Waals surface area contributed by atoms with Crippen molar-refractivity contribution in [2.75, 3.05) is 0 Å². The maximum absolute atomic E-state index is 4.85. The number of oxazole rings is 1. The fraction of sp³-hybridized carbons (Fsp3) is 0.500. The molecule has 2 aromatic heterocycles. The second-order valence-electron chi connectivity index (χ2n) is 3.08. The van der Waals surface area contributed by atoms with Gasteiger partial charge in [-0.25, -0.2) is 4.98 Å². The first kappa shape index (κ1) is 14.4. The van der Waals surface area contributed by atoms with Crippen molar-refractivity contribution in [2.45, 2.75) is 41.5 Å². The van der Waals surface area contributed by atoms with E-state index in [0.29, 0.717) is 0 Å². The molecule has 0 bridgehead atoms. The summed E-state index contributed by atoms with van der Waals surface area (Å²) in [6.45, 7) is 11.7. The van der Waals surface area contributed by atoms with Gasteiger partial charge in [0.2, 0.25) is 0 Å². The van der Waals surface area contributed by atoms with E-state index in [4.69, 9.17) is 4.42 Å². The molecule has 2 rings (SSSR count). The van der Waals surface area contributed by atoms with E-state index >= 15 is 0 Å². The van der Waals surface area contributed by atoms with E-state index in [9.17, 15) is 0 Å². The number of hydrogen-bond acceptors (Lipinski definition) is 4. The first-order chi connectivity index (χ1) is 7.61. The molecule has 0 fully saturated rings. The molecule has 0 aliphatic rings. The van der Waals surface area contributed by atoms with Gasteiger partial charge in [0.15, 0.2) is 6.39 Å². The quantitative estimate of drug-likeness (QED) is 0.686. The van der Waals surface area contributed by atoms with E-state index in [1.165, 1.54) is 6.39 Å². The first-order valence-electron chi connectivity index (χ1n) is 5.35. The van der Waals surface area contributed by atoms with E-state index < -0.39 is 0 Å². The van der Waals surface area contributed by atoms with E-state index in [2.05, 4.69) is 14.7 Å². The molecule has 90 valence electrons. The summed E-state index contributed by atoms with van der Waals surface area (Å²) in [7, 11) is 0. The molecule has 0 atom stereocenters.